The number of benzene rings is 1. The fourth-order valence-corrected chi connectivity index (χ4v) is 4.36. The van der Waals surface area contributed by atoms with Gasteiger partial charge in [-0.15, -0.1) is 11.6 Å². The summed E-state index contributed by atoms with van der Waals surface area (Å²) in [6, 6.07) is 2.43. The standard InChI is InChI=1S/C20H23Cl2N3O9/c21-10-4-12(33-18-15(29)13(27)14(28)16(34-18)17(30)31)11(26)3-9(10)5-20(32,19(22)1-2-19)6-25-8-23-7-24-25/h3-4,7-8,13-16,18,26-29,32H,1-2,5-6H2,(H,30,31)/t13-,14-,15+,16-,18+,20?/m0/s1. The lowest BCUT2D eigenvalue weighted by molar-refractivity contribution is -0.271. The molecule has 0 spiro atoms. The van der Waals surface area contributed by atoms with Crippen molar-refractivity contribution in [3.63, 3.8) is 0 Å². The van der Waals surface area contributed by atoms with E-state index in [1.807, 2.05) is 0 Å². The van der Waals surface area contributed by atoms with E-state index in [1.54, 1.807) is 0 Å². The van der Waals surface area contributed by atoms with E-state index in [0.717, 1.165) is 0 Å². The first-order valence-electron chi connectivity index (χ1n) is 10.3. The van der Waals surface area contributed by atoms with Crippen LogP contribution < -0.4 is 4.74 Å². The minimum Gasteiger partial charge on any atom is -0.504 e. The molecule has 1 aromatic carbocycles. The van der Waals surface area contributed by atoms with Crippen LogP contribution in [0.4, 0.5) is 0 Å². The highest BCUT2D eigenvalue weighted by atomic mass is 35.5. The van der Waals surface area contributed by atoms with Crippen molar-refractivity contribution >= 4 is 29.2 Å². The Morgan fingerprint density at radius 3 is 2.56 bits per heavy atom. The van der Waals surface area contributed by atoms with Gasteiger partial charge in [-0.3, -0.25) is 0 Å². The highest BCUT2D eigenvalue weighted by Gasteiger charge is 2.58. The Morgan fingerprint density at radius 2 is 1.97 bits per heavy atom. The molecular formula is C20H23Cl2N3O9. The number of ether oxygens (including phenoxy) is 2. The summed E-state index contributed by atoms with van der Waals surface area (Å²) < 4.78 is 11.9. The Hall–Kier alpha value is -2.19. The number of nitrogens with zero attached hydrogens (tertiary/aromatic N) is 3. The molecule has 1 unspecified atom stereocenters. The fourth-order valence-electron chi connectivity index (χ4n) is 3.92. The molecule has 186 valence electrons. The molecule has 2 aromatic rings. The molecule has 0 amide bonds. The van der Waals surface area contributed by atoms with Crippen molar-refractivity contribution in [1.29, 1.82) is 0 Å². The van der Waals surface area contributed by atoms with Gasteiger partial charge in [0.05, 0.1) is 11.4 Å². The molecule has 12 nitrogen and oxygen atoms in total. The third-order valence-corrected chi connectivity index (χ3v) is 7.16. The lowest BCUT2D eigenvalue weighted by atomic mass is 9.88. The Balaban J connectivity index is 1.55. The van der Waals surface area contributed by atoms with Gasteiger partial charge < -0.3 is 40.1 Å². The van der Waals surface area contributed by atoms with E-state index in [9.17, 15) is 30.3 Å². The van der Waals surface area contributed by atoms with Gasteiger partial charge >= 0.3 is 5.97 Å². The maximum Gasteiger partial charge on any atom is 0.335 e. The number of carboxylic acids is 1. The summed E-state index contributed by atoms with van der Waals surface area (Å²) in [5, 5.41) is 65.0. The average molecular weight is 520 g/mol. The molecule has 1 saturated heterocycles. The van der Waals surface area contributed by atoms with Gasteiger partial charge in [-0.1, -0.05) is 11.6 Å². The second-order valence-electron chi connectivity index (χ2n) is 8.53. The van der Waals surface area contributed by atoms with E-state index in [1.165, 1.54) is 29.5 Å². The number of hydrogen-bond donors (Lipinski definition) is 6. The second kappa shape index (κ2) is 9.11. The summed E-state index contributed by atoms with van der Waals surface area (Å²) in [5.74, 6) is -2.31. The van der Waals surface area contributed by atoms with Gasteiger partial charge in [0.25, 0.3) is 0 Å². The molecule has 6 N–H and O–H groups in total. The van der Waals surface area contributed by atoms with Crippen molar-refractivity contribution in [2.75, 3.05) is 0 Å². The van der Waals surface area contributed by atoms with Gasteiger partial charge in [-0.25, -0.2) is 14.5 Å². The van der Waals surface area contributed by atoms with Crippen LogP contribution in [0.2, 0.25) is 5.02 Å². The first-order chi connectivity index (χ1) is 15.9. The van der Waals surface area contributed by atoms with E-state index in [-0.39, 0.29) is 23.7 Å². The Kier molecular flexibility index (Phi) is 6.68. The van der Waals surface area contributed by atoms with Crippen LogP contribution >= 0.6 is 23.2 Å². The molecular weight excluding hydrogens is 497 g/mol. The molecule has 1 aromatic heterocycles. The molecule has 0 bridgehead atoms. The number of phenolic OH excluding ortho intramolecular Hbond substituents is 1. The van der Waals surface area contributed by atoms with Crippen molar-refractivity contribution in [2.24, 2.45) is 0 Å². The third kappa shape index (κ3) is 4.67. The van der Waals surface area contributed by atoms with Crippen LogP contribution in [0.15, 0.2) is 24.8 Å². The second-order valence-corrected chi connectivity index (χ2v) is 9.66. The van der Waals surface area contributed by atoms with Crippen LogP contribution in [0, 0.1) is 0 Å². The average Bonchev–Trinajstić information content (AvgIpc) is 3.33. The zero-order chi connectivity index (χ0) is 24.8. The van der Waals surface area contributed by atoms with Crippen LogP contribution in [0.25, 0.3) is 0 Å². The molecule has 4 rings (SSSR count). The predicted octanol–water partition coefficient (Wildman–Crippen LogP) is -0.347. The van der Waals surface area contributed by atoms with Gasteiger partial charge in [-0.2, -0.15) is 5.10 Å². The number of aromatic hydroxyl groups is 1. The fraction of sp³-hybridized carbons (Fsp3) is 0.550. The maximum absolute atomic E-state index is 11.4. The van der Waals surface area contributed by atoms with Crippen molar-refractivity contribution in [3.8, 4) is 11.5 Å². The number of hydrogen-bond acceptors (Lipinski definition) is 10. The van der Waals surface area contributed by atoms with Gasteiger partial charge in [0.2, 0.25) is 6.29 Å². The zero-order valence-electron chi connectivity index (χ0n) is 17.5. The topological polar surface area (TPSA) is 188 Å². The van der Waals surface area contributed by atoms with E-state index in [0.29, 0.717) is 18.4 Å². The predicted molar refractivity (Wildman–Crippen MR) is 115 cm³/mol. The SMILES string of the molecule is O=C(O)[C@H]1O[C@@H](Oc2cc(Cl)c(CC(O)(Cn3cncn3)C3(Cl)CC3)cc2O)[C@H](O)[C@@H](O)[C@@H]1O. The normalized spacial score (nSPS) is 29.9. The summed E-state index contributed by atoms with van der Waals surface area (Å²) >= 11 is 13.0. The van der Waals surface area contributed by atoms with Crippen molar-refractivity contribution < 1.29 is 44.9 Å². The first kappa shape index (κ1) is 24.9. The molecule has 2 heterocycles. The Bertz CT molecular complexity index is 1050. The number of rotatable bonds is 8. The third-order valence-electron chi connectivity index (χ3n) is 6.08. The zero-order valence-corrected chi connectivity index (χ0v) is 19.0. The van der Waals surface area contributed by atoms with E-state index in [4.69, 9.17) is 37.8 Å². The molecule has 1 saturated carbocycles. The largest absolute Gasteiger partial charge is 0.504 e. The van der Waals surface area contributed by atoms with Crippen LogP contribution in [0.3, 0.4) is 0 Å². The Labute approximate surface area is 202 Å². The van der Waals surface area contributed by atoms with E-state index in [2.05, 4.69) is 10.1 Å². The number of aliphatic hydroxyl groups is 4. The van der Waals surface area contributed by atoms with Crippen molar-refractivity contribution in [3.05, 3.63) is 35.4 Å². The summed E-state index contributed by atoms with van der Waals surface area (Å²) in [6.45, 7) is 0.0325. The van der Waals surface area contributed by atoms with Crippen molar-refractivity contribution in [2.45, 2.75) is 67.0 Å². The molecule has 14 heteroatoms. The number of carboxylic acid groups (broad SMARTS) is 1. The molecule has 6 atom stereocenters. The summed E-state index contributed by atoms with van der Waals surface area (Å²) in [4.78, 5) is 14.2. The number of aliphatic hydroxyl groups excluding tert-OH is 3. The van der Waals surface area contributed by atoms with Crippen LogP contribution in [0.5, 0.6) is 11.5 Å². The quantitative estimate of drug-likeness (QED) is 0.250. The maximum atomic E-state index is 11.4. The van der Waals surface area contributed by atoms with Gasteiger partial charge in [-0.05, 0) is 24.5 Å². The molecule has 34 heavy (non-hydrogen) atoms. The molecule has 2 fully saturated rings. The monoisotopic (exact) mass is 519 g/mol. The lowest BCUT2D eigenvalue weighted by Gasteiger charge is -2.38. The number of halogens is 2. The van der Waals surface area contributed by atoms with Gasteiger partial charge in [0.1, 0.15) is 36.6 Å². The van der Waals surface area contributed by atoms with Crippen LogP contribution in [-0.4, -0.2) is 92.6 Å². The summed E-state index contributed by atoms with van der Waals surface area (Å²) in [7, 11) is 0. The molecule has 0 radical (unpaired) electrons. The highest BCUT2D eigenvalue weighted by Crippen LogP contribution is 2.53. The number of carbonyl (C=O) groups is 1. The lowest BCUT2D eigenvalue weighted by Crippen LogP contribution is -2.61. The number of phenols is 1. The highest BCUT2D eigenvalue weighted by molar-refractivity contribution is 6.31. The smallest absolute Gasteiger partial charge is 0.335 e. The Morgan fingerprint density at radius 1 is 1.26 bits per heavy atom. The number of aromatic nitrogens is 3. The number of aliphatic carboxylic acids is 1. The molecule has 1 aliphatic heterocycles. The minimum absolute atomic E-state index is 0.0325. The first-order valence-corrected chi connectivity index (χ1v) is 11.0. The minimum atomic E-state index is -1.89. The van der Waals surface area contributed by atoms with Gasteiger partial charge in [0.15, 0.2) is 17.6 Å². The van der Waals surface area contributed by atoms with E-state index >= 15 is 0 Å². The molecule has 2 aliphatic rings. The van der Waals surface area contributed by atoms with E-state index < -0.39 is 52.9 Å². The number of alkyl halides is 1. The van der Waals surface area contributed by atoms with Crippen molar-refractivity contribution in [1.82, 2.24) is 14.8 Å². The summed E-state index contributed by atoms with van der Waals surface area (Å²) in [6.07, 6.45) is -5.32. The van der Waals surface area contributed by atoms with Gasteiger partial charge in [0, 0.05) is 17.5 Å². The van der Waals surface area contributed by atoms with Crippen LogP contribution in [-0.2, 0) is 22.5 Å². The summed E-state index contributed by atoms with van der Waals surface area (Å²) in [5.41, 5.74) is -1.14. The van der Waals surface area contributed by atoms with Crippen LogP contribution in [0.1, 0.15) is 18.4 Å². The molecule has 1 aliphatic carbocycles.